The molecule has 0 bridgehead atoms. The summed E-state index contributed by atoms with van der Waals surface area (Å²) >= 11 is 0. The van der Waals surface area contributed by atoms with Crippen LogP contribution in [0.15, 0.2) is 97.1 Å². The molecule has 2 aliphatic heterocycles. The van der Waals surface area contributed by atoms with Gasteiger partial charge in [0.15, 0.2) is 12.6 Å². The summed E-state index contributed by atoms with van der Waals surface area (Å²) in [5.74, 6) is 1.63. The first kappa shape index (κ1) is 24.4. The van der Waals surface area contributed by atoms with Crippen LogP contribution in [-0.2, 0) is 24.4 Å². The summed E-state index contributed by atoms with van der Waals surface area (Å²) in [5, 5.41) is 0. The molecule has 0 saturated carbocycles. The van der Waals surface area contributed by atoms with E-state index < -0.39 is 5.41 Å². The second-order valence-electron chi connectivity index (χ2n) is 9.85. The van der Waals surface area contributed by atoms with E-state index >= 15 is 0 Å². The van der Waals surface area contributed by atoms with E-state index in [-0.39, 0.29) is 12.6 Å². The number of benzene rings is 4. The number of hydrogen-bond donors (Lipinski definition) is 0. The van der Waals surface area contributed by atoms with Gasteiger partial charge in [0.05, 0.1) is 18.6 Å². The highest BCUT2D eigenvalue weighted by molar-refractivity contribution is 5.86. The first-order valence-electron chi connectivity index (χ1n) is 13.4. The molecule has 0 aromatic heterocycles. The molecule has 0 radical (unpaired) electrons. The lowest BCUT2D eigenvalue weighted by atomic mass is 9.68. The fraction of sp³-hybridized carbons (Fsp3) is 0.273. The average molecular weight is 523 g/mol. The van der Waals surface area contributed by atoms with Crippen molar-refractivity contribution in [2.24, 2.45) is 0 Å². The molecule has 2 fully saturated rings. The minimum atomic E-state index is -0.469. The molecule has 2 saturated heterocycles. The van der Waals surface area contributed by atoms with Crippen LogP contribution in [0.2, 0.25) is 0 Å². The summed E-state index contributed by atoms with van der Waals surface area (Å²) in [5.41, 5.74) is 6.94. The number of rotatable bonds is 12. The van der Waals surface area contributed by atoms with Gasteiger partial charge < -0.3 is 28.4 Å². The Morgan fingerprint density at radius 2 is 0.949 bits per heavy atom. The van der Waals surface area contributed by atoms with Crippen LogP contribution in [0.5, 0.6) is 11.5 Å². The number of ether oxygens (including phenoxy) is 6. The van der Waals surface area contributed by atoms with Gasteiger partial charge in [-0.05, 0) is 57.6 Å². The zero-order chi connectivity index (χ0) is 26.1. The van der Waals surface area contributed by atoms with Gasteiger partial charge in [-0.1, -0.05) is 72.8 Å². The third kappa shape index (κ3) is 4.81. The molecule has 0 N–H and O–H groups in total. The van der Waals surface area contributed by atoms with Gasteiger partial charge in [-0.15, -0.1) is 0 Å². The van der Waals surface area contributed by atoms with Gasteiger partial charge in [-0.25, -0.2) is 0 Å². The quantitative estimate of drug-likeness (QED) is 0.158. The van der Waals surface area contributed by atoms with Crippen LogP contribution in [0.25, 0.3) is 11.1 Å². The van der Waals surface area contributed by atoms with Gasteiger partial charge in [0.2, 0.25) is 0 Å². The Morgan fingerprint density at radius 3 is 1.36 bits per heavy atom. The molecule has 3 aliphatic rings. The van der Waals surface area contributed by atoms with Gasteiger partial charge >= 0.3 is 0 Å². The lowest BCUT2D eigenvalue weighted by molar-refractivity contribution is 0.0323. The molecule has 39 heavy (non-hydrogen) atoms. The highest BCUT2D eigenvalue weighted by atomic mass is 16.8. The minimum Gasteiger partial charge on any atom is -0.491 e. The van der Waals surface area contributed by atoms with E-state index in [1.54, 1.807) is 0 Å². The molecular formula is C33H30O6. The lowest BCUT2D eigenvalue weighted by Crippen LogP contribution is -2.28. The largest absolute Gasteiger partial charge is 0.491 e. The highest BCUT2D eigenvalue weighted by Crippen LogP contribution is 2.56. The maximum Gasteiger partial charge on any atom is 0.181 e. The van der Waals surface area contributed by atoms with Gasteiger partial charge in [-0.3, -0.25) is 0 Å². The van der Waals surface area contributed by atoms with E-state index in [9.17, 15) is 0 Å². The second-order valence-corrected chi connectivity index (χ2v) is 9.85. The molecule has 6 heteroatoms. The van der Waals surface area contributed by atoms with Crippen LogP contribution in [0, 0.1) is 0 Å². The van der Waals surface area contributed by atoms with E-state index in [1.165, 1.54) is 33.4 Å². The molecule has 6 nitrogen and oxygen atoms in total. The molecule has 7 rings (SSSR count). The van der Waals surface area contributed by atoms with Crippen molar-refractivity contribution in [1.82, 2.24) is 0 Å². The van der Waals surface area contributed by atoms with Crippen molar-refractivity contribution in [3.05, 3.63) is 119 Å². The Labute approximate surface area is 228 Å². The van der Waals surface area contributed by atoms with Gasteiger partial charge in [0.1, 0.15) is 37.9 Å². The van der Waals surface area contributed by atoms with Gasteiger partial charge in [0.25, 0.3) is 0 Å². The number of hydrogen-bond acceptors (Lipinski definition) is 6. The van der Waals surface area contributed by atoms with Gasteiger partial charge in [-0.2, -0.15) is 0 Å². The Morgan fingerprint density at radius 1 is 0.538 bits per heavy atom. The number of fused-ring (bicyclic) bond motifs is 3. The Kier molecular flexibility index (Phi) is 6.54. The van der Waals surface area contributed by atoms with Crippen molar-refractivity contribution >= 4 is 0 Å². The Balaban J connectivity index is 1.22. The van der Waals surface area contributed by atoms with Crippen molar-refractivity contribution in [1.29, 1.82) is 0 Å². The van der Waals surface area contributed by atoms with Crippen molar-refractivity contribution in [2.45, 2.75) is 18.0 Å². The van der Waals surface area contributed by atoms with Crippen molar-refractivity contribution in [3.8, 4) is 22.6 Å². The summed E-state index contributed by atoms with van der Waals surface area (Å²) in [6.07, 6.45) is -0.110. The number of epoxide rings is 2. The van der Waals surface area contributed by atoms with Crippen molar-refractivity contribution in [2.75, 3.05) is 39.6 Å². The molecule has 2 atom stereocenters. The normalized spacial score (nSPS) is 19.7. The SMILES string of the molecule is c1ccc2c(c1)-c1ccccc1C2(c1ccc(OCCOC2CO2)cc1)c1ccc(OCCOC2CO2)cc1. The Hall–Kier alpha value is -3.68. The monoisotopic (exact) mass is 522 g/mol. The van der Waals surface area contributed by atoms with E-state index in [1.807, 2.05) is 0 Å². The third-order valence-corrected chi connectivity index (χ3v) is 7.44. The maximum absolute atomic E-state index is 5.95. The Bertz CT molecular complexity index is 1310. The molecule has 0 spiro atoms. The van der Waals surface area contributed by atoms with E-state index in [2.05, 4.69) is 97.1 Å². The third-order valence-electron chi connectivity index (χ3n) is 7.44. The molecule has 4 aromatic rings. The fourth-order valence-corrected chi connectivity index (χ4v) is 5.58. The van der Waals surface area contributed by atoms with Crippen LogP contribution in [-0.4, -0.2) is 52.2 Å². The smallest absolute Gasteiger partial charge is 0.181 e. The summed E-state index contributed by atoms with van der Waals surface area (Å²) < 4.78 is 33.1. The summed E-state index contributed by atoms with van der Waals surface area (Å²) in [4.78, 5) is 0. The van der Waals surface area contributed by atoms with Crippen LogP contribution in [0.1, 0.15) is 22.3 Å². The predicted molar refractivity (Wildman–Crippen MR) is 146 cm³/mol. The summed E-state index contributed by atoms with van der Waals surface area (Å²) in [6, 6.07) is 34.3. The first-order valence-corrected chi connectivity index (χ1v) is 13.4. The first-order chi connectivity index (χ1) is 19.3. The zero-order valence-corrected chi connectivity index (χ0v) is 21.6. The molecule has 198 valence electrons. The van der Waals surface area contributed by atoms with E-state index in [0.717, 1.165) is 11.5 Å². The van der Waals surface area contributed by atoms with Crippen LogP contribution < -0.4 is 9.47 Å². The van der Waals surface area contributed by atoms with Crippen molar-refractivity contribution in [3.63, 3.8) is 0 Å². The molecule has 1 aliphatic carbocycles. The van der Waals surface area contributed by atoms with Crippen LogP contribution in [0.4, 0.5) is 0 Å². The molecule has 0 amide bonds. The van der Waals surface area contributed by atoms with Crippen molar-refractivity contribution < 1.29 is 28.4 Å². The molecule has 2 unspecified atom stereocenters. The van der Waals surface area contributed by atoms with Crippen LogP contribution in [0.3, 0.4) is 0 Å². The predicted octanol–water partition coefficient (Wildman–Crippen LogP) is 5.55. The zero-order valence-electron chi connectivity index (χ0n) is 21.6. The van der Waals surface area contributed by atoms with Crippen LogP contribution >= 0.6 is 0 Å². The topological polar surface area (TPSA) is 62.0 Å². The standard InChI is InChI=1S/C33H30O6/c1-3-7-29-27(5-1)28-6-2-4-8-30(28)33(29,23-9-13-25(14-10-23)34-17-19-36-31-21-38-31)24-11-15-26(16-12-24)35-18-20-37-32-22-39-32/h1-16,31-32H,17-22H2. The van der Waals surface area contributed by atoms with E-state index in [4.69, 9.17) is 28.4 Å². The minimum absolute atomic E-state index is 0.0548. The fourth-order valence-electron chi connectivity index (χ4n) is 5.58. The molecule has 2 heterocycles. The summed E-state index contributed by atoms with van der Waals surface area (Å²) in [7, 11) is 0. The average Bonchev–Trinajstić information content (AvgIpc) is 3.93. The van der Waals surface area contributed by atoms with Gasteiger partial charge in [0, 0.05) is 0 Å². The molecule has 4 aromatic carbocycles. The second kappa shape index (κ2) is 10.5. The lowest BCUT2D eigenvalue weighted by Gasteiger charge is -2.34. The highest BCUT2D eigenvalue weighted by Gasteiger charge is 2.45. The molecular weight excluding hydrogens is 492 g/mol. The maximum atomic E-state index is 5.95. The summed E-state index contributed by atoms with van der Waals surface area (Å²) in [6.45, 7) is 3.33. The van der Waals surface area contributed by atoms with E-state index in [0.29, 0.717) is 39.6 Å².